The van der Waals surface area contributed by atoms with E-state index in [0.29, 0.717) is 34.2 Å². The monoisotopic (exact) mass is 362 g/mol. The van der Waals surface area contributed by atoms with Crippen LogP contribution in [0, 0.1) is 11.3 Å². The molecule has 4 nitrogen and oxygen atoms in total. The Morgan fingerprint density at radius 2 is 1.85 bits per heavy atom. The smallest absolute Gasteiger partial charge is 0.255 e. The minimum Gasteiger partial charge on any atom is -0.489 e. The number of rotatable bonds is 5. The molecular formula is C21H15ClN2O2. The maximum absolute atomic E-state index is 12.4. The highest BCUT2D eigenvalue weighted by Gasteiger charge is 2.08. The van der Waals surface area contributed by atoms with Crippen LogP contribution in [-0.2, 0) is 6.61 Å². The molecule has 5 heteroatoms. The fourth-order valence-corrected chi connectivity index (χ4v) is 2.56. The molecule has 0 radical (unpaired) electrons. The molecule has 3 aromatic carbocycles. The number of carbonyl (C=O) groups excluding carboxylic acids is 1. The van der Waals surface area contributed by atoms with E-state index in [1.54, 1.807) is 54.6 Å². The molecule has 0 aliphatic carbocycles. The first-order valence-electron chi connectivity index (χ1n) is 7.93. The number of halogens is 1. The summed E-state index contributed by atoms with van der Waals surface area (Å²) in [5.41, 5.74) is 2.39. The lowest BCUT2D eigenvalue weighted by molar-refractivity contribution is 0.102. The Balaban J connectivity index is 1.69. The minimum absolute atomic E-state index is 0.275. The quantitative estimate of drug-likeness (QED) is 0.691. The predicted molar refractivity (Wildman–Crippen MR) is 101 cm³/mol. The van der Waals surface area contributed by atoms with E-state index >= 15 is 0 Å². The normalized spacial score (nSPS) is 10.0. The average molecular weight is 363 g/mol. The van der Waals surface area contributed by atoms with Crippen molar-refractivity contribution in [2.75, 3.05) is 5.32 Å². The van der Waals surface area contributed by atoms with Crippen LogP contribution in [0.1, 0.15) is 21.5 Å². The number of hydrogen-bond donors (Lipinski definition) is 1. The van der Waals surface area contributed by atoms with Crippen molar-refractivity contribution >= 4 is 23.2 Å². The summed E-state index contributed by atoms with van der Waals surface area (Å²) in [5.74, 6) is 0.298. The summed E-state index contributed by atoms with van der Waals surface area (Å²) in [6.45, 7) is 0.314. The SMILES string of the molecule is N#Cc1cccc(NC(=O)c2cccc(OCc3ccccc3Cl)c2)c1. The lowest BCUT2D eigenvalue weighted by atomic mass is 10.1. The van der Waals surface area contributed by atoms with Gasteiger partial charge in [-0.05, 0) is 42.5 Å². The van der Waals surface area contributed by atoms with Gasteiger partial charge in [0.25, 0.3) is 5.91 Å². The second-order valence-electron chi connectivity index (χ2n) is 5.55. The van der Waals surface area contributed by atoms with Crippen molar-refractivity contribution in [2.45, 2.75) is 6.61 Å². The van der Waals surface area contributed by atoms with Gasteiger partial charge >= 0.3 is 0 Å². The molecule has 0 unspecified atom stereocenters. The summed E-state index contributed by atoms with van der Waals surface area (Å²) in [5, 5.41) is 12.3. The fourth-order valence-electron chi connectivity index (χ4n) is 2.37. The van der Waals surface area contributed by atoms with Gasteiger partial charge in [0, 0.05) is 21.8 Å². The summed E-state index contributed by atoms with van der Waals surface area (Å²) in [7, 11) is 0. The van der Waals surface area contributed by atoms with E-state index in [0.717, 1.165) is 5.56 Å². The third kappa shape index (κ3) is 4.41. The Bertz CT molecular complexity index is 979. The number of ether oxygens (including phenoxy) is 1. The van der Waals surface area contributed by atoms with Crippen LogP contribution >= 0.6 is 11.6 Å². The predicted octanol–water partition coefficient (Wildman–Crippen LogP) is 5.04. The van der Waals surface area contributed by atoms with E-state index in [4.69, 9.17) is 21.6 Å². The minimum atomic E-state index is -0.275. The zero-order valence-electron chi connectivity index (χ0n) is 13.8. The molecule has 0 spiro atoms. The standard InChI is InChI=1S/C21H15ClN2O2/c22-20-10-2-1-6-17(20)14-26-19-9-4-7-16(12-19)21(25)24-18-8-3-5-15(11-18)13-23/h1-12H,14H2,(H,24,25). The lowest BCUT2D eigenvalue weighted by Crippen LogP contribution is -2.12. The first-order valence-corrected chi connectivity index (χ1v) is 8.31. The lowest BCUT2D eigenvalue weighted by Gasteiger charge is -2.10. The maximum Gasteiger partial charge on any atom is 0.255 e. The largest absolute Gasteiger partial charge is 0.489 e. The van der Waals surface area contributed by atoms with Crippen LogP contribution in [0.5, 0.6) is 5.75 Å². The third-order valence-electron chi connectivity index (χ3n) is 3.70. The highest BCUT2D eigenvalue weighted by molar-refractivity contribution is 6.31. The third-order valence-corrected chi connectivity index (χ3v) is 4.07. The maximum atomic E-state index is 12.4. The highest BCUT2D eigenvalue weighted by atomic mass is 35.5. The molecule has 1 amide bonds. The van der Waals surface area contributed by atoms with Crippen molar-refractivity contribution in [1.82, 2.24) is 0 Å². The van der Waals surface area contributed by atoms with Crippen molar-refractivity contribution in [3.8, 4) is 11.8 Å². The van der Waals surface area contributed by atoms with E-state index in [1.807, 2.05) is 24.3 Å². The van der Waals surface area contributed by atoms with Gasteiger partial charge in [-0.15, -0.1) is 0 Å². The summed E-state index contributed by atoms with van der Waals surface area (Å²) in [4.78, 5) is 12.4. The van der Waals surface area contributed by atoms with Crippen LogP contribution in [0.4, 0.5) is 5.69 Å². The van der Waals surface area contributed by atoms with Crippen LogP contribution in [-0.4, -0.2) is 5.91 Å². The zero-order chi connectivity index (χ0) is 18.4. The van der Waals surface area contributed by atoms with Gasteiger partial charge in [0.2, 0.25) is 0 Å². The molecule has 26 heavy (non-hydrogen) atoms. The Hall–Kier alpha value is -3.29. The van der Waals surface area contributed by atoms with Crippen molar-refractivity contribution < 1.29 is 9.53 Å². The average Bonchev–Trinajstić information content (AvgIpc) is 2.68. The summed E-state index contributed by atoms with van der Waals surface area (Å²) in [6, 6.07) is 23.1. The van der Waals surface area contributed by atoms with Crippen LogP contribution in [0.15, 0.2) is 72.8 Å². The Morgan fingerprint density at radius 1 is 1.04 bits per heavy atom. The van der Waals surface area contributed by atoms with Crippen LogP contribution in [0.3, 0.4) is 0 Å². The van der Waals surface area contributed by atoms with E-state index in [-0.39, 0.29) is 5.91 Å². The molecule has 0 atom stereocenters. The molecule has 0 saturated carbocycles. The van der Waals surface area contributed by atoms with Gasteiger partial charge in [-0.2, -0.15) is 5.26 Å². The Morgan fingerprint density at radius 3 is 2.65 bits per heavy atom. The van der Waals surface area contributed by atoms with Crippen molar-refractivity contribution in [2.24, 2.45) is 0 Å². The Labute approximate surface area is 156 Å². The molecule has 1 N–H and O–H groups in total. The molecule has 0 bridgehead atoms. The molecular weight excluding hydrogens is 348 g/mol. The number of nitrogens with zero attached hydrogens (tertiary/aromatic N) is 1. The van der Waals surface area contributed by atoms with Crippen molar-refractivity contribution in [3.05, 3.63) is 94.5 Å². The summed E-state index contributed by atoms with van der Waals surface area (Å²) < 4.78 is 5.74. The van der Waals surface area contributed by atoms with Gasteiger partial charge in [0.1, 0.15) is 12.4 Å². The van der Waals surface area contributed by atoms with E-state index in [1.165, 1.54) is 0 Å². The number of anilines is 1. The van der Waals surface area contributed by atoms with Crippen LogP contribution in [0.25, 0.3) is 0 Å². The zero-order valence-corrected chi connectivity index (χ0v) is 14.5. The summed E-state index contributed by atoms with van der Waals surface area (Å²) >= 11 is 6.12. The molecule has 0 aromatic heterocycles. The number of nitrogens with one attached hydrogen (secondary N) is 1. The number of hydrogen-bond acceptors (Lipinski definition) is 3. The van der Waals surface area contributed by atoms with Gasteiger partial charge in [-0.25, -0.2) is 0 Å². The van der Waals surface area contributed by atoms with Crippen molar-refractivity contribution in [1.29, 1.82) is 5.26 Å². The van der Waals surface area contributed by atoms with E-state index in [9.17, 15) is 4.79 Å². The molecule has 0 heterocycles. The number of benzene rings is 3. The number of amides is 1. The van der Waals surface area contributed by atoms with Crippen molar-refractivity contribution in [3.63, 3.8) is 0 Å². The second kappa shape index (κ2) is 8.19. The molecule has 0 saturated heterocycles. The fraction of sp³-hybridized carbons (Fsp3) is 0.0476. The van der Waals surface area contributed by atoms with E-state index < -0.39 is 0 Å². The first-order chi connectivity index (χ1) is 12.7. The summed E-state index contributed by atoms with van der Waals surface area (Å²) in [6.07, 6.45) is 0. The van der Waals surface area contributed by atoms with Gasteiger partial charge in [0.05, 0.1) is 11.6 Å². The first kappa shape index (κ1) is 17.5. The van der Waals surface area contributed by atoms with Gasteiger partial charge < -0.3 is 10.1 Å². The topological polar surface area (TPSA) is 62.1 Å². The van der Waals surface area contributed by atoms with E-state index in [2.05, 4.69) is 5.32 Å². The number of carbonyl (C=O) groups is 1. The molecule has 0 fully saturated rings. The molecule has 3 aromatic rings. The molecule has 3 rings (SSSR count). The molecule has 0 aliphatic rings. The molecule has 0 aliphatic heterocycles. The molecule has 128 valence electrons. The van der Waals surface area contributed by atoms with Gasteiger partial charge in [0.15, 0.2) is 0 Å². The van der Waals surface area contributed by atoms with Crippen LogP contribution in [0.2, 0.25) is 5.02 Å². The number of nitriles is 1. The van der Waals surface area contributed by atoms with Gasteiger partial charge in [-0.3, -0.25) is 4.79 Å². The highest BCUT2D eigenvalue weighted by Crippen LogP contribution is 2.20. The van der Waals surface area contributed by atoms with Crippen LogP contribution < -0.4 is 10.1 Å². The van der Waals surface area contributed by atoms with Gasteiger partial charge in [-0.1, -0.05) is 41.9 Å². The second-order valence-corrected chi connectivity index (χ2v) is 5.96. The Kier molecular flexibility index (Phi) is 5.52.